The summed E-state index contributed by atoms with van der Waals surface area (Å²) in [6.45, 7) is 3.31. The molecule has 6 heteroatoms. The van der Waals surface area contributed by atoms with Crippen LogP contribution in [0.4, 0.5) is 0 Å². The maximum absolute atomic E-state index is 10.5. The van der Waals surface area contributed by atoms with E-state index in [-0.39, 0.29) is 0 Å². The van der Waals surface area contributed by atoms with E-state index in [4.69, 9.17) is 9.79 Å². The van der Waals surface area contributed by atoms with Gasteiger partial charge in [0.1, 0.15) is 0 Å². The standard InChI is InChI=1S/C7H17O5P/c1-3-6(8)5(2)7(9)4-13(10,11)12/h5-9H,3-4H2,1-2H3,(H2,10,11,12)/t5-,6+,7-/m1/s1. The van der Waals surface area contributed by atoms with Crippen LogP contribution < -0.4 is 0 Å². The minimum atomic E-state index is -4.19. The van der Waals surface area contributed by atoms with Gasteiger partial charge in [0, 0.05) is 5.92 Å². The number of hydrogen-bond acceptors (Lipinski definition) is 3. The molecule has 3 atom stereocenters. The Morgan fingerprint density at radius 2 is 1.69 bits per heavy atom. The molecule has 0 aromatic carbocycles. The molecule has 0 aliphatic carbocycles. The van der Waals surface area contributed by atoms with Crippen LogP contribution in [0.25, 0.3) is 0 Å². The number of aliphatic hydroxyl groups is 2. The van der Waals surface area contributed by atoms with Crippen molar-refractivity contribution < 1.29 is 24.6 Å². The van der Waals surface area contributed by atoms with Gasteiger partial charge in [-0.1, -0.05) is 13.8 Å². The van der Waals surface area contributed by atoms with Gasteiger partial charge < -0.3 is 20.0 Å². The van der Waals surface area contributed by atoms with Crippen LogP contribution in [0.3, 0.4) is 0 Å². The summed E-state index contributed by atoms with van der Waals surface area (Å²) in [7, 11) is -4.19. The Morgan fingerprint density at radius 1 is 1.23 bits per heavy atom. The molecule has 4 N–H and O–H groups in total. The van der Waals surface area contributed by atoms with Gasteiger partial charge in [-0.2, -0.15) is 0 Å². The summed E-state index contributed by atoms with van der Waals surface area (Å²) in [5.74, 6) is -0.516. The van der Waals surface area contributed by atoms with E-state index in [2.05, 4.69) is 0 Å². The Balaban J connectivity index is 4.11. The molecule has 0 bridgehead atoms. The van der Waals surface area contributed by atoms with Crippen molar-refractivity contribution in [3.8, 4) is 0 Å². The number of rotatable bonds is 5. The molecular formula is C7H17O5P. The molecule has 0 aliphatic heterocycles. The molecular weight excluding hydrogens is 195 g/mol. The second-order valence-corrected chi connectivity index (χ2v) is 4.94. The van der Waals surface area contributed by atoms with Crippen molar-refractivity contribution in [3.63, 3.8) is 0 Å². The van der Waals surface area contributed by atoms with E-state index < -0.39 is 31.9 Å². The maximum atomic E-state index is 10.5. The lowest BCUT2D eigenvalue weighted by molar-refractivity contribution is 0.0293. The van der Waals surface area contributed by atoms with Crippen LogP contribution in [-0.2, 0) is 4.57 Å². The fraction of sp³-hybridized carbons (Fsp3) is 1.00. The lowest BCUT2D eigenvalue weighted by Gasteiger charge is -2.23. The molecule has 0 amide bonds. The van der Waals surface area contributed by atoms with Gasteiger partial charge in [0.2, 0.25) is 0 Å². The lowest BCUT2D eigenvalue weighted by Crippen LogP contribution is -2.31. The van der Waals surface area contributed by atoms with Crippen LogP contribution in [0.2, 0.25) is 0 Å². The zero-order valence-electron chi connectivity index (χ0n) is 7.79. The molecule has 5 nitrogen and oxygen atoms in total. The molecule has 0 saturated heterocycles. The first-order chi connectivity index (χ1) is 5.78. The molecule has 0 aliphatic rings. The third kappa shape index (κ3) is 5.39. The molecule has 80 valence electrons. The Kier molecular flexibility index (Phi) is 5.10. The SMILES string of the molecule is CC[C@H](O)[C@@H](C)[C@H](O)CP(=O)(O)O. The Labute approximate surface area is 77.6 Å². The van der Waals surface area contributed by atoms with E-state index >= 15 is 0 Å². The predicted molar refractivity (Wildman–Crippen MR) is 48.4 cm³/mol. The summed E-state index contributed by atoms with van der Waals surface area (Å²) < 4.78 is 10.5. The van der Waals surface area contributed by atoms with Gasteiger partial charge in [0.25, 0.3) is 0 Å². The smallest absolute Gasteiger partial charge is 0.328 e. The summed E-state index contributed by atoms with van der Waals surface area (Å²) in [6, 6.07) is 0. The Hall–Kier alpha value is 0.0700. The molecule has 0 aromatic rings. The molecule has 0 rings (SSSR count). The van der Waals surface area contributed by atoms with E-state index in [1.807, 2.05) is 0 Å². The minimum Gasteiger partial charge on any atom is -0.393 e. The fourth-order valence-electron chi connectivity index (χ4n) is 1.04. The highest BCUT2D eigenvalue weighted by molar-refractivity contribution is 7.51. The molecule has 0 aromatic heterocycles. The molecule has 0 spiro atoms. The zero-order valence-corrected chi connectivity index (χ0v) is 8.69. The van der Waals surface area contributed by atoms with Crippen molar-refractivity contribution in [1.82, 2.24) is 0 Å². The van der Waals surface area contributed by atoms with Crippen LogP contribution in [0.5, 0.6) is 0 Å². The first-order valence-electron chi connectivity index (χ1n) is 4.18. The zero-order chi connectivity index (χ0) is 10.6. The average Bonchev–Trinajstić information content (AvgIpc) is 1.98. The largest absolute Gasteiger partial charge is 0.393 e. The summed E-state index contributed by atoms with van der Waals surface area (Å²) in [5.41, 5.74) is 0. The van der Waals surface area contributed by atoms with Gasteiger partial charge in [-0.25, -0.2) is 0 Å². The van der Waals surface area contributed by atoms with E-state index in [1.165, 1.54) is 0 Å². The van der Waals surface area contributed by atoms with Crippen LogP contribution >= 0.6 is 7.60 Å². The second-order valence-electron chi connectivity index (χ2n) is 3.25. The lowest BCUT2D eigenvalue weighted by atomic mass is 9.97. The monoisotopic (exact) mass is 212 g/mol. The van der Waals surface area contributed by atoms with Gasteiger partial charge in [-0.15, -0.1) is 0 Å². The van der Waals surface area contributed by atoms with Crippen molar-refractivity contribution in [2.24, 2.45) is 5.92 Å². The van der Waals surface area contributed by atoms with Crippen LogP contribution in [0.15, 0.2) is 0 Å². The topological polar surface area (TPSA) is 98.0 Å². The summed E-state index contributed by atoms with van der Waals surface area (Å²) in [6.07, 6.45) is -2.01. The first-order valence-corrected chi connectivity index (χ1v) is 5.98. The first kappa shape index (κ1) is 13.1. The molecule has 0 saturated carbocycles. The van der Waals surface area contributed by atoms with Crippen LogP contribution in [0.1, 0.15) is 20.3 Å². The van der Waals surface area contributed by atoms with Gasteiger partial charge >= 0.3 is 7.60 Å². The average molecular weight is 212 g/mol. The molecule has 0 unspecified atom stereocenters. The van der Waals surface area contributed by atoms with Gasteiger partial charge in [0.15, 0.2) is 0 Å². The summed E-state index contributed by atoms with van der Waals surface area (Å²) >= 11 is 0. The summed E-state index contributed by atoms with van der Waals surface area (Å²) in [5, 5.41) is 18.6. The van der Waals surface area contributed by atoms with Crippen molar-refractivity contribution >= 4 is 7.60 Å². The van der Waals surface area contributed by atoms with E-state index in [0.29, 0.717) is 6.42 Å². The number of aliphatic hydroxyl groups excluding tert-OH is 2. The van der Waals surface area contributed by atoms with Gasteiger partial charge in [-0.3, -0.25) is 4.57 Å². The predicted octanol–water partition coefficient (Wildman–Crippen LogP) is -0.0680. The third-order valence-corrected chi connectivity index (χ3v) is 2.91. The highest BCUT2D eigenvalue weighted by Crippen LogP contribution is 2.36. The van der Waals surface area contributed by atoms with E-state index in [0.717, 1.165) is 0 Å². The van der Waals surface area contributed by atoms with E-state index in [9.17, 15) is 14.8 Å². The van der Waals surface area contributed by atoms with Crippen LogP contribution in [-0.4, -0.2) is 38.4 Å². The van der Waals surface area contributed by atoms with Crippen LogP contribution in [0, 0.1) is 5.92 Å². The quantitative estimate of drug-likeness (QED) is 0.478. The highest BCUT2D eigenvalue weighted by atomic mass is 31.2. The molecule has 0 fully saturated rings. The van der Waals surface area contributed by atoms with Crippen molar-refractivity contribution in [2.75, 3.05) is 6.16 Å². The van der Waals surface area contributed by atoms with Crippen molar-refractivity contribution in [1.29, 1.82) is 0 Å². The Bertz CT molecular complexity index is 189. The second kappa shape index (κ2) is 5.08. The molecule has 0 heterocycles. The number of hydrogen-bond donors (Lipinski definition) is 4. The summed E-state index contributed by atoms with van der Waals surface area (Å²) in [4.78, 5) is 17.1. The normalized spacial score (nSPS) is 19.5. The van der Waals surface area contributed by atoms with Gasteiger partial charge in [0.05, 0.1) is 18.4 Å². The fourth-order valence-corrected chi connectivity index (χ4v) is 1.86. The van der Waals surface area contributed by atoms with Crippen molar-refractivity contribution in [3.05, 3.63) is 0 Å². The van der Waals surface area contributed by atoms with E-state index in [1.54, 1.807) is 13.8 Å². The highest BCUT2D eigenvalue weighted by Gasteiger charge is 2.27. The van der Waals surface area contributed by atoms with Crippen molar-refractivity contribution in [2.45, 2.75) is 32.5 Å². The maximum Gasteiger partial charge on any atom is 0.328 e. The third-order valence-electron chi connectivity index (χ3n) is 2.06. The van der Waals surface area contributed by atoms with Gasteiger partial charge in [-0.05, 0) is 6.42 Å². The molecule has 0 radical (unpaired) electrons. The molecule has 13 heavy (non-hydrogen) atoms. The minimum absolute atomic E-state index is 0.458. The Morgan fingerprint density at radius 3 is 2.00 bits per heavy atom.